The minimum atomic E-state index is -1.11. The fourth-order valence-electron chi connectivity index (χ4n) is 4.48. The molecule has 0 bridgehead atoms. The molecule has 1 atom stereocenters. The van der Waals surface area contributed by atoms with Gasteiger partial charge in [-0.2, -0.15) is 0 Å². The normalized spacial score (nSPS) is 17.1. The summed E-state index contributed by atoms with van der Waals surface area (Å²) in [6.45, 7) is 7.24. The summed E-state index contributed by atoms with van der Waals surface area (Å²) in [7, 11) is 4.39. The number of benzene rings is 2. The number of halogens is 2. The molecule has 11 nitrogen and oxygen atoms in total. The number of anilines is 3. The maximum atomic E-state index is 13.2. The monoisotopic (exact) mass is 604 g/mol. The molecule has 2 heterocycles. The minimum absolute atomic E-state index is 0.101. The van der Waals surface area contributed by atoms with Crippen molar-refractivity contribution >= 4 is 52.2 Å². The van der Waals surface area contributed by atoms with Crippen LogP contribution >= 0.6 is 23.2 Å². The second-order valence-electron chi connectivity index (χ2n) is 9.41. The number of ether oxygens (including phenoxy) is 3. The van der Waals surface area contributed by atoms with Crippen LogP contribution in [0.2, 0.25) is 10.0 Å². The predicted octanol–water partition coefficient (Wildman–Crippen LogP) is 4.34. The second kappa shape index (κ2) is 13.2. The number of nitrogens with one attached hydrogen (secondary N) is 2. The number of urea groups is 1. The van der Waals surface area contributed by atoms with E-state index in [-0.39, 0.29) is 33.1 Å². The van der Waals surface area contributed by atoms with Crippen molar-refractivity contribution in [2.45, 2.75) is 13.0 Å². The molecule has 41 heavy (non-hydrogen) atoms. The molecule has 13 heteroatoms. The second-order valence-corrected chi connectivity index (χ2v) is 10.2. The maximum absolute atomic E-state index is 13.2. The van der Waals surface area contributed by atoms with E-state index in [1.807, 2.05) is 24.3 Å². The number of rotatable bonds is 9. The molecule has 0 saturated carbocycles. The largest absolute Gasteiger partial charge is 0.495 e. The maximum Gasteiger partial charge on any atom is 0.326 e. The number of allylic oxidation sites excluding steroid dienone is 1. The molecule has 1 fully saturated rings. The first kappa shape index (κ1) is 30.2. The lowest BCUT2D eigenvalue weighted by Crippen LogP contribution is -2.46. The Labute approximate surface area is 249 Å². The third-order valence-electron chi connectivity index (χ3n) is 6.95. The van der Waals surface area contributed by atoms with Gasteiger partial charge < -0.3 is 40.4 Å². The molecule has 4 rings (SSSR count). The highest BCUT2D eigenvalue weighted by Crippen LogP contribution is 2.44. The quantitative estimate of drug-likeness (QED) is 0.386. The lowest BCUT2D eigenvalue weighted by Gasteiger charge is -2.35. The SMILES string of the molecule is CCN1CCN(c2ccc(NC3=CC(N(C)C(=O)Nc4c(Cl)c(OC)cc(OC)c4Cl)=CC(C(N)=O)O3)cc2)CC1. The number of carbonyl (C=O) groups is 2. The standard InChI is InChI=1S/C28H34Cl2N6O5/c1-5-35-10-12-36(13-11-35)18-8-6-17(7-9-18)32-23-15-19(14-22(41-23)27(31)37)34(2)28(38)33-26-24(29)20(39-3)16-21(40-4)25(26)30/h6-9,14-16,22,32H,5,10-13H2,1-4H3,(H2,31,37)(H,33,38). The van der Waals surface area contributed by atoms with E-state index < -0.39 is 18.0 Å². The van der Waals surface area contributed by atoms with Gasteiger partial charge in [0.2, 0.25) is 0 Å². The van der Waals surface area contributed by atoms with E-state index in [0.29, 0.717) is 5.70 Å². The van der Waals surface area contributed by atoms with Gasteiger partial charge in [0.05, 0.1) is 25.6 Å². The number of piperazine rings is 1. The van der Waals surface area contributed by atoms with Gasteiger partial charge in [0, 0.05) is 56.7 Å². The van der Waals surface area contributed by atoms with Crippen molar-refractivity contribution in [3.63, 3.8) is 0 Å². The number of nitrogens with two attached hydrogens (primary N) is 1. The molecule has 4 N–H and O–H groups in total. The van der Waals surface area contributed by atoms with Crippen molar-refractivity contribution in [1.82, 2.24) is 9.80 Å². The van der Waals surface area contributed by atoms with Gasteiger partial charge in [-0.1, -0.05) is 30.1 Å². The van der Waals surface area contributed by atoms with Gasteiger partial charge in [-0.25, -0.2) is 4.79 Å². The van der Waals surface area contributed by atoms with Gasteiger partial charge in [-0.05, 0) is 36.9 Å². The number of likely N-dealkylation sites (N-methyl/N-ethyl adjacent to an activating group) is 2. The van der Waals surface area contributed by atoms with Crippen LogP contribution in [0.1, 0.15) is 6.92 Å². The summed E-state index contributed by atoms with van der Waals surface area (Å²) in [5.74, 6) is 0.0689. The van der Waals surface area contributed by atoms with Crippen LogP contribution in [0.5, 0.6) is 11.5 Å². The third-order valence-corrected chi connectivity index (χ3v) is 7.70. The van der Waals surface area contributed by atoms with Crippen molar-refractivity contribution in [3.05, 3.63) is 64.1 Å². The van der Waals surface area contributed by atoms with Crippen molar-refractivity contribution in [3.8, 4) is 11.5 Å². The molecule has 0 aliphatic carbocycles. The summed E-state index contributed by atoms with van der Waals surface area (Å²) in [4.78, 5) is 31.4. The number of hydrogen-bond donors (Lipinski definition) is 3. The lowest BCUT2D eigenvalue weighted by atomic mass is 10.2. The average molecular weight is 606 g/mol. The van der Waals surface area contributed by atoms with Gasteiger partial charge in [-0.3, -0.25) is 9.69 Å². The van der Waals surface area contributed by atoms with Crippen LogP contribution in [-0.4, -0.2) is 81.8 Å². The highest BCUT2D eigenvalue weighted by Gasteiger charge is 2.27. The Morgan fingerprint density at radius 2 is 1.68 bits per heavy atom. The molecular weight excluding hydrogens is 571 g/mol. The van der Waals surface area contributed by atoms with E-state index in [9.17, 15) is 9.59 Å². The molecule has 2 aromatic rings. The summed E-state index contributed by atoms with van der Waals surface area (Å²) in [6.07, 6.45) is 1.93. The zero-order chi connectivity index (χ0) is 29.7. The molecular formula is C28H34Cl2N6O5. The summed E-state index contributed by atoms with van der Waals surface area (Å²) < 4.78 is 16.3. The molecule has 0 spiro atoms. The van der Waals surface area contributed by atoms with Crippen LogP contribution < -0.4 is 30.7 Å². The highest BCUT2D eigenvalue weighted by atomic mass is 35.5. The molecule has 2 aliphatic rings. The molecule has 1 saturated heterocycles. The van der Waals surface area contributed by atoms with Crippen LogP contribution in [0.15, 0.2) is 54.1 Å². The predicted molar refractivity (Wildman–Crippen MR) is 161 cm³/mol. The van der Waals surface area contributed by atoms with Crippen molar-refractivity contribution in [1.29, 1.82) is 0 Å². The van der Waals surface area contributed by atoms with E-state index >= 15 is 0 Å². The Morgan fingerprint density at radius 1 is 1.07 bits per heavy atom. The minimum Gasteiger partial charge on any atom is -0.495 e. The summed E-state index contributed by atoms with van der Waals surface area (Å²) in [5, 5.41) is 6.05. The van der Waals surface area contributed by atoms with Crippen LogP contribution in [0, 0.1) is 0 Å². The molecule has 1 unspecified atom stereocenters. The van der Waals surface area contributed by atoms with Crippen LogP contribution in [0.3, 0.4) is 0 Å². The first-order valence-electron chi connectivity index (χ1n) is 13.0. The van der Waals surface area contributed by atoms with Crippen molar-refractivity contribution in [2.24, 2.45) is 5.73 Å². The third kappa shape index (κ3) is 6.92. The first-order valence-corrected chi connectivity index (χ1v) is 13.8. The number of nitrogens with zero attached hydrogens (tertiary/aromatic N) is 3. The van der Waals surface area contributed by atoms with E-state index in [4.69, 9.17) is 43.1 Å². The Hall–Kier alpha value is -3.80. The van der Waals surface area contributed by atoms with Gasteiger partial charge in [-0.15, -0.1) is 0 Å². The van der Waals surface area contributed by atoms with Crippen molar-refractivity contribution < 1.29 is 23.8 Å². The number of amides is 3. The number of primary amides is 1. The van der Waals surface area contributed by atoms with E-state index in [0.717, 1.165) is 44.1 Å². The smallest absolute Gasteiger partial charge is 0.326 e. The molecule has 2 aromatic carbocycles. The topological polar surface area (TPSA) is 122 Å². The highest BCUT2D eigenvalue weighted by molar-refractivity contribution is 6.41. The number of methoxy groups -OCH3 is 2. The van der Waals surface area contributed by atoms with E-state index in [2.05, 4.69) is 27.4 Å². The Bertz CT molecular complexity index is 1310. The number of carbonyl (C=O) groups excluding carboxylic acids is 2. The average Bonchev–Trinajstić information content (AvgIpc) is 2.99. The molecule has 0 radical (unpaired) electrons. The van der Waals surface area contributed by atoms with Gasteiger partial charge in [0.15, 0.2) is 12.0 Å². The first-order chi connectivity index (χ1) is 19.6. The fraction of sp³-hybridized carbons (Fsp3) is 0.357. The van der Waals surface area contributed by atoms with E-state index in [1.165, 1.54) is 38.3 Å². The zero-order valence-corrected chi connectivity index (χ0v) is 24.9. The zero-order valence-electron chi connectivity index (χ0n) is 23.4. The summed E-state index contributed by atoms with van der Waals surface area (Å²) in [5.41, 5.74) is 7.89. The Morgan fingerprint density at radius 3 is 2.22 bits per heavy atom. The van der Waals surface area contributed by atoms with Crippen LogP contribution in [0.4, 0.5) is 21.9 Å². The van der Waals surface area contributed by atoms with Gasteiger partial charge >= 0.3 is 6.03 Å². The Balaban J connectivity index is 1.50. The summed E-state index contributed by atoms with van der Waals surface area (Å²) >= 11 is 12.8. The number of hydrogen-bond acceptors (Lipinski definition) is 8. The van der Waals surface area contributed by atoms with E-state index in [1.54, 1.807) is 6.08 Å². The molecule has 220 valence electrons. The lowest BCUT2D eigenvalue weighted by molar-refractivity contribution is -0.124. The van der Waals surface area contributed by atoms with Gasteiger partial charge in [0.1, 0.15) is 21.5 Å². The van der Waals surface area contributed by atoms with Crippen LogP contribution in [-0.2, 0) is 9.53 Å². The molecule has 0 aromatic heterocycles. The molecule has 3 amide bonds. The Kier molecular flexibility index (Phi) is 9.74. The van der Waals surface area contributed by atoms with Crippen molar-refractivity contribution in [2.75, 3.05) is 69.5 Å². The molecule has 2 aliphatic heterocycles. The van der Waals surface area contributed by atoms with Crippen LogP contribution in [0.25, 0.3) is 0 Å². The van der Waals surface area contributed by atoms with Gasteiger partial charge in [0.25, 0.3) is 5.91 Å². The summed E-state index contributed by atoms with van der Waals surface area (Å²) in [6, 6.07) is 8.85. The fourth-order valence-corrected chi connectivity index (χ4v) is 5.08.